The number of carbonyl (C=O) groups is 2. The van der Waals surface area contributed by atoms with Gasteiger partial charge in [-0.1, -0.05) is 47.6 Å². The fraction of sp³-hybridized carbons (Fsp3) is 0.647. The van der Waals surface area contributed by atoms with Gasteiger partial charge in [0.1, 0.15) is 18.3 Å². The van der Waals surface area contributed by atoms with Crippen molar-refractivity contribution in [2.45, 2.75) is 94.6 Å². The fourth-order valence-corrected chi connectivity index (χ4v) is 6.40. The van der Waals surface area contributed by atoms with E-state index in [2.05, 4.69) is 34.9 Å². The minimum atomic E-state index is -1.60. The fourth-order valence-electron chi connectivity index (χ4n) is 6.40. The topological polar surface area (TPSA) is 161 Å². The van der Waals surface area contributed by atoms with Crippen LogP contribution < -0.4 is 10.6 Å². The molecular weight excluding hydrogens is 578 g/mol. The highest BCUT2D eigenvalue weighted by Gasteiger charge is 2.72. The molecule has 6 atom stereocenters. The van der Waals surface area contributed by atoms with Crippen LogP contribution in [-0.4, -0.2) is 113 Å². The molecule has 2 amide bonds. The van der Waals surface area contributed by atoms with Gasteiger partial charge < -0.3 is 45.4 Å². The average molecular weight is 630 g/mol. The normalized spacial score (nSPS) is 29.7. The SMILES string of the molecule is CC1=C(Cc2ccc(CCCC(=O)NCCC(=O)NCCN(C)C)cc2)CC([C@]23OC[C@](C(C)(C)O)(O2)[C@@H](O)[C@H](O)[C@H]3O)C=C1. The lowest BCUT2D eigenvalue weighted by Gasteiger charge is -2.52. The molecule has 2 bridgehead atoms. The summed E-state index contributed by atoms with van der Waals surface area (Å²) in [6, 6.07) is 8.29. The molecule has 0 radical (unpaired) electrons. The van der Waals surface area contributed by atoms with Gasteiger partial charge >= 0.3 is 0 Å². The summed E-state index contributed by atoms with van der Waals surface area (Å²) in [5.74, 6) is -2.17. The number of aryl methyl sites for hydroxylation is 1. The molecule has 0 aromatic heterocycles. The Morgan fingerprint density at radius 3 is 2.31 bits per heavy atom. The van der Waals surface area contributed by atoms with Crippen LogP contribution in [0.5, 0.6) is 0 Å². The number of fused-ring (bicyclic) bond motifs is 2. The Labute approximate surface area is 266 Å². The monoisotopic (exact) mass is 629 g/mol. The average Bonchev–Trinajstić information content (AvgIpc) is 3.38. The highest BCUT2D eigenvalue weighted by atomic mass is 16.8. The quantitative estimate of drug-likeness (QED) is 0.176. The molecule has 0 saturated carbocycles. The van der Waals surface area contributed by atoms with E-state index in [1.165, 1.54) is 13.8 Å². The number of hydrogen-bond acceptors (Lipinski definition) is 9. The molecule has 2 aliphatic heterocycles. The van der Waals surface area contributed by atoms with E-state index in [0.717, 1.165) is 35.2 Å². The predicted octanol–water partition coefficient (Wildman–Crippen LogP) is 0.978. The summed E-state index contributed by atoms with van der Waals surface area (Å²) in [5, 5.41) is 49.1. The molecule has 250 valence electrons. The number of nitrogens with one attached hydrogen (secondary N) is 2. The number of hydrogen-bond donors (Lipinski definition) is 6. The number of ether oxygens (including phenoxy) is 2. The molecule has 3 aliphatic rings. The second kappa shape index (κ2) is 14.4. The molecule has 11 nitrogen and oxygen atoms in total. The number of benzene rings is 1. The zero-order chi connectivity index (χ0) is 33.0. The van der Waals surface area contributed by atoms with Gasteiger partial charge in [0.2, 0.25) is 17.6 Å². The zero-order valence-corrected chi connectivity index (χ0v) is 27.2. The Hall–Kier alpha value is -2.64. The number of aliphatic hydroxyl groups excluding tert-OH is 3. The van der Waals surface area contributed by atoms with Gasteiger partial charge in [-0.25, -0.2) is 0 Å². The Balaban J connectivity index is 1.26. The van der Waals surface area contributed by atoms with Crippen LogP contribution in [0.1, 0.15) is 57.6 Å². The lowest BCUT2D eigenvalue weighted by molar-refractivity contribution is -0.352. The third-order valence-corrected chi connectivity index (χ3v) is 9.41. The first-order valence-corrected chi connectivity index (χ1v) is 15.9. The van der Waals surface area contributed by atoms with E-state index >= 15 is 0 Å². The molecule has 1 unspecified atom stereocenters. The molecule has 2 heterocycles. The van der Waals surface area contributed by atoms with Crippen molar-refractivity contribution in [2.24, 2.45) is 5.92 Å². The van der Waals surface area contributed by atoms with Gasteiger partial charge in [-0.2, -0.15) is 0 Å². The van der Waals surface area contributed by atoms with Crippen molar-refractivity contribution < 1.29 is 39.5 Å². The van der Waals surface area contributed by atoms with Crippen LogP contribution in [0.25, 0.3) is 0 Å². The Bertz CT molecular complexity index is 1260. The van der Waals surface area contributed by atoms with E-state index in [4.69, 9.17) is 9.47 Å². The molecule has 4 rings (SSSR count). The van der Waals surface area contributed by atoms with Crippen molar-refractivity contribution in [3.63, 3.8) is 0 Å². The number of allylic oxidation sites excluding steroid dienone is 3. The summed E-state index contributed by atoms with van der Waals surface area (Å²) >= 11 is 0. The Morgan fingerprint density at radius 1 is 1.00 bits per heavy atom. The molecule has 2 saturated heterocycles. The maximum Gasteiger partial charge on any atom is 0.221 e. The molecule has 1 aromatic rings. The highest BCUT2D eigenvalue weighted by molar-refractivity contribution is 5.78. The van der Waals surface area contributed by atoms with Crippen LogP contribution in [0.3, 0.4) is 0 Å². The largest absolute Gasteiger partial charge is 0.387 e. The third kappa shape index (κ3) is 7.85. The maximum absolute atomic E-state index is 12.2. The number of nitrogens with zero attached hydrogens (tertiary/aromatic N) is 1. The van der Waals surface area contributed by atoms with E-state index in [1.807, 2.05) is 38.1 Å². The van der Waals surface area contributed by atoms with Crippen molar-refractivity contribution in [3.8, 4) is 0 Å². The maximum atomic E-state index is 12.2. The van der Waals surface area contributed by atoms with Crippen LogP contribution in [-0.2, 0) is 31.9 Å². The van der Waals surface area contributed by atoms with E-state index in [9.17, 15) is 30.0 Å². The first-order chi connectivity index (χ1) is 21.2. The van der Waals surface area contributed by atoms with E-state index in [-0.39, 0.29) is 24.8 Å². The van der Waals surface area contributed by atoms with Gasteiger partial charge in [0, 0.05) is 38.4 Å². The molecule has 45 heavy (non-hydrogen) atoms. The number of rotatable bonds is 14. The van der Waals surface area contributed by atoms with Crippen molar-refractivity contribution in [2.75, 3.05) is 40.3 Å². The van der Waals surface area contributed by atoms with Gasteiger partial charge in [-0.05, 0) is 71.7 Å². The second-order valence-corrected chi connectivity index (χ2v) is 13.5. The van der Waals surface area contributed by atoms with Gasteiger partial charge in [0.05, 0.1) is 12.2 Å². The van der Waals surface area contributed by atoms with Crippen LogP contribution in [0.4, 0.5) is 0 Å². The highest BCUT2D eigenvalue weighted by Crippen LogP contribution is 2.53. The zero-order valence-electron chi connectivity index (χ0n) is 27.2. The Kier molecular flexibility index (Phi) is 11.3. The van der Waals surface area contributed by atoms with Crippen LogP contribution in [0.2, 0.25) is 0 Å². The third-order valence-electron chi connectivity index (χ3n) is 9.41. The van der Waals surface area contributed by atoms with Crippen molar-refractivity contribution in [1.29, 1.82) is 0 Å². The number of aliphatic hydroxyl groups is 4. The molecule has 11 heteroatoms. The standard InChI is InChI=1S/C34H51N3O8/c1-22-9-14-26(34-31(42)29(40)30(41)33(45-34,21-44-34)32(2,3)43)20-25(22)19-24-12-10-23(11-13-24)7-6-8-27(38)35-16-15-28(39)36-17-18-37(4)5/h9-14,26,29-31,40-43H,6-8,15-21H2,1-5H3,(H,35,38)(H,36,39)/t26?,29-,30-,31+,33-,34-/m0/s1. The number of amides is 2. The van der Waals surface area contributed by atoms with Gasteiger partial charge in [0.15, 0.2) is 5.60 Å². The molecule has 0 spiro atoms. The van der Waals surface area contributed by atoms with Crippen molar-refractivity contribution in [1.82, 2.24) is 15.5 Å². The van der Waals surface area contributed by atoms with Crippen LogP contribution in [0.15, 0.2) is 47.6 Å². The summed E-state index contributed by atoms with van der Waals surface area (Å²) in [7, 11) is 3.89. The summed E-state index contributed by atoms with van der Waals surface area (Å²) in [6.07, 6.45) is 2.62. The van der Waals surface area contributed by atoms with E-state index < -0.39 is 41.2 Å². The second-order valence-electron chi connectivity index (χ2n) is 13.5. The molecule has 1 aliphatic carbocycles. The minimum Gasteiger partial charge on any atom is -0.387 e. The summed E-state index contributed by atoms with van der Waals surface area (Å²) in [5.41, 5.74) is 1.37. The molecule has 2 fully saturated rings. The first-order valence-electron chi connectivity index (χ1n) is 15.9. The minimum absolute atomic E-state index is 0.0605. The van der Waals surface area contributed by atoms with Crippen molar-refractivity contribution in [3.05, 3.63) is 58.7 Å². The molecule has 1 aromatic carbocycles. The smallest absolute Gasteiger partial charge is 0.221 e. The van der Waals surface area contributed by atoms with Gasteiger partial charge in [-0.3, -0.25) is 9.59 Å². The molecule has 6 N–H and O–H groups in total. The number of carbonyl (C=O) groups excluding carboxylic acids is 2. The first kappa shape index (κ1) is 35.2. The summed E-state index contributed by atoms with van der Waals surface area (Å²) < 4.78 is 12.3. The predicted molar refractivity (Wildman–Crippen MR) is 169 cm³/mol. The van der Waals surface area contributed by atoms with Crippen molar-refractivity contribution >= 4 is 11.8 Å². The van der Waals surface area contributed by atoms with Crippen LogP contribution >= 0.6 is 0 Å². The Morgan fingerprint density at radius 2 is 1.64 bits per heavy atom. The van der Waals surface area contributed by atoms with E-state index in [1.54, 1.807) is 0 Å². The lowest BCUT2D eigenvalue weighted by atomic mass is 9.72. The molecular formula is C34H51N3O8. The van der Waals surface area contributed by atoms with Gasteiger partial charge in [0.25, 0.3) is 0 Å². The lowest BCUT2D eigenvalue weighted by Crippen LogP contribution is -2.72. The van der Waals surface area contributed by atoms with E-state index in [0.29, 0.717) is 38.8 Å². The van der Waals surface area contributed by atoms with Crippen LogP contribution in [0, 0.1) is 5.92 Å². The number of likely N-dealkylation sites (N-methyl/N-ethyl adjacent to an activating group) is 1. The summed E-state index contributed by atoms with van der Waals surface area (Å²) in [6.45, 7) is 6.56. The van der Waals surface area contributed by atoms with Gasteiger partial charge in [-0.15, -0.1) is 0 Å². The summed E-state index contributed by atoms with van der Waals surface area (Å²) in [4.78, 5) is 26.0.